The van der Waals surface area contributed by atoms with E-state index in [-0.39, 0.29) is 17.7 Å². The van der Waals surface area contributed by atoms with Gasteiger partial charge in [0.15, 0.2) is 0 Å². The maximum atomic E-state index is 12.5. The maximum Gasteiger partial charge on any atom is 0.329 e. The Morgan fingerprint density at radius 2 is 2.16 bits per heavy atom. The highest BCUT2D eigenvalue weighted by Gasteiger charge is 2.45. The lowest BCUT2D eigenvalue weighted by Crippen LogP contribution is -2.60. The largest absolute Gasteiger partial charge is 0.480 e. The first kappa shape index (κ1) is 13.8. The third-order valence-electron chi connectivity index (χ3n) is 4.23. The van der Waals surface area contributed by atoms with E-state index in [1.165, 1.54) is 4.90 Å². The SMILES string of the molecule is CC1(C(=O)O)CCCCN1C(=O)C1CCC(=O)NC1. The zero-order valence-electron chi connectivity index (χ0n) is 11.1. The summed E-state index contributed by atoms with van der Waals surface area (Å²) in [6.07, 6.45) is 3.01. The van der Waals surface area contributed by atoms with Gasteiger partial charge in [-0.15, -0.1) is 0 Å². The van der Waals surface area contributed by atoms with Gasteiger partial charge in [0.25, 0.3) is 0 Å². The van der Waals surface area contributed by atoms with E-state index < -0.39 is 11.5 Å². The van der Waals surface area contributed by atoms with Crippen molar-refractivity contribution in [3.63, 3.8) is 0 Å². The fourth-order valence-corrected chi connectivity index (χ4v) is 2.86. The van der Waals surface area contributed by atoms with E-state index in [2.05, 4.69) is 5.32 Å². The van der Waals surface area contributed by atoms with Crippen LogP contribution in [0.2, 0.25) is 0 Å². The van der Waals surface area contributed by atoms with Gasteiger partial charge in [-0.25, -0.2) is 4.79 Å². The van der Waals surface area contributed by atoms with Gasteiger partial charge >= 0.3 is 5.97 Å². The van der Waals surface area contributed by atoms with Crippen LogP contribution in [0.5, 0.6) is 0 Å². The summed E-state index contributed by atoms with van der Waals surface area (Å²) in [5.41, 5.74) is -1.10. The van der Waals surface area contributed by atoms with E-state index in [0.29, 0.717) is 32.4 Å². The van der Waals surface area contributed by atoms with Gasteiger partial charge in [-0.2, -0.15) is 0 Å². The minimum absolute atomic E-state index is 0.0382. The second-order valence-electron chi connectivity index (χ2n) is 5.57. The van der Waals surface area contributed by atoms with Gasteiger partial charge in [-0.3, -0.25) is 9.59 Å². The number of carbonyl (C=O) groups is 3. The van der Waals surface area contributed by atoms with Crippen molar-refractivity contribution in [2.45, 2.75) is 44.6 Å². The molecule has 2 aliphatic heterocycles. The van der Waals surface area contributed by atoms with Gasteiger partial charge in [0.2, 0.25) is 11.8 Å². The van der Waals surface area contributed by atoms with Crippen molar-refractivity contribution in [3.05, 3.63) is 0 Å². The Kier molecular flexibility index (Phi) is 3.78. The molecule has 2 unspecified atom stereocenters. The summed E-state index contributed by atoms with van der Waals surface area (Å²) in [5.74, 6) is -1.40. The van der Waals surface area contributed by atoms with E-state index in [0.717, 1.165) is 12.8 Å². The zero-order chi connectivity index (χ0) is 14.0. The van der Waals surface area contributed by atoms with Crippen molar-refractivity contribution >= 4 is 17.8 Å². The summed E-state index contributed by atoms with van der Waals surface area (Å²) in [6.45, 7) is 2.43. The fourth-order valence-electron chi connectivity index (χ4n) is 2.86. The van der Waals surface area contributed by atoms with Gasteiger partial charge in [0.05, 0.1) is 5.92 Å². The minimum Gasteiger partial charge on any atom is -0.480 e. The Hall–Kier alpha value is -1.59. The van der Waals surface area contributed by atoms with Crippen molar-refractivity contribution in [1.82, 2.24) is 10.2 Å². The van der Waals surface area contributed by atoms with Gasteiger partial charge in [0, 0.05) is 19.5 Å². The summed E-state index contributed by atoms with van der Waals surface area (Å²) < 4.78 is 0. The second kappa shape index (κ2) is 5.19. The van der Waals surface area contributed by atoms with Crippen molar-refractivity contribution in [1.29, 1.82) is 0 Å². The molecule has 0 radical (unpaired) electrons. The van der Waals surface area contributed by atoms with Crippen LogP contribution < -0.4 is 5.32 Å². The quantitative estimate of drug-likeness (QED) is 0.757. The Morgan fingerprint density at radius 3 is 2.74 bits per heavy atom. The topological polar surface area (TPSA) is 86.7 Å². The van der Waals surface area contributed by atoms with E-state index >= 15 is 0 Å². The number of carboxylic acids is 1. The molecule has 2 rings (SSSR count). The lowest BCUT2D eigenvalue weighted by Gasteiger charge is -2.43. The lowest BCUT2D eigenvalue weighted by molar-refractivity contribution is -0.163. The summed E-state index contributed by atoms with van der Waals surface area (Å²) >= 11 is 0. The standard InChI is InChI=1S/C13H20N2O4/c1-13(12(18)19)6-2-3-7-15(13)11(17)9-4-5-10(16)14-8-9/h9H,2-8H2,1H3,(H,14,16)(H,18,19). The number of nitrogens with zero attached hydrogens (tertiary/aromatic N) is 1. The van der Waals surface area contributed by atoms with Gasteiger partial charge in [-0.1, -0.05) is 0 Å². The van der Waals surface area contributed by atoms with Gasteiger partial charge in [0.1, 0.15) is 5.54 Å². The van der Waals surface area contributed by atoms with Crippen LogP contribution in [0, 0.1) is 5.92 Å². The lowest BCUT2D eigenvalue weighted by atomic mass is 9.86. The number of carbonyl (C=O) groups excluding carboxylic acids is 2. The average molecular weight is 268 g/mol. The Balaban J connectivity index is 2.12. The minimum atomic E-state index is -1.10. The Bertz CT molecular complexity index is 399. The molecule has 2 amide bonds. The zero-order valence-corrected chi connectivity index (χ0v) is 11.1. The Morgan fingerprint density at radius 1 is 1.42 bits per heavy atom. The van der Waals surface area contributed by atoms with Crippen LogP contribution in [0.1, 0.15) is 39.0 Å². The molecular weight excluding hydrogens is 248 g/mol. The molecular formula is C13H20N2O4. The third-order valence-corrected chi connectivity index (χ3v) is 4.23. The first-order valence-corrected chi connectivity index (χ1v) is 6.77. The molecule has 2 N–H and O–H groups in total. The molecule has 19 heavy (non-hydrogen) atoms. The van der Waals surface area contributed by atoms with Crippen molar-refractivity contribution in [2.75, 3.05) is 13.1 Å². The first-order valence-electron chi connectivity index (χ1n) is 6.77. The fraction of sp³-hybridized carbons (Fsp3) is 0.769. The smallest absolute Gasteiger partial charge is 0.329 e. The van der Waals surface area contributed by atoms with Crippen LogP contribution in [0.25, 0.3) is 0 Å². The van der Waals surface area contributed by atoms with Crippen LogP contribution in [-0.4, -0.2) is 46.4 Å². The van der Waals surface area contributed by atoms with E-state index in [1.54, 1.807) is 6.92 Å². The molecule has 0 aromatic rings. The van der Waals surface area contributed by atoms with Crippen LogP contribution in [0.3, 0.4) is 0 Å². The highest BCUT2D eigenvalue weighted by molar-refractivity contribution is 5.89. The first-order chi connectivity index (χ1) is 8.95. The monoisotopic (exact) mass is 268 g/mol. The van der Waals surface area contributed by atoms with Crippen molar-refractivity contribution in [3.8, 4) is 0 Å². The molecule has 0 bridgehead atoms. The highest BCUT2D eigenvalue weighted by atomic mass is 16.4. The average Bonchev–Trinajstić information content (AvgIpc) is 2.39. The number of rotatable bonds is 2. The molecule has 0 aromatic carbocycles. The van der Waals surface area contributed by atoms with Crippen LogP contribution in [-0.2, 0) is 14.4 Å². The van der Waals surface area contributed by atoms with Crippen LogP contribution in [0.15, 0.2) is 0 Å². The van der Waals surface area contributed by atoms with Crippen molar-refractivity contribution < 1.29 is 19.5 Å². The summed E-state index contributed by atoms with van der Waals surface area (Å²) in [7, 11) is 0. The predicted molar refractivity (Wildman–Crippen MR) is 67.3 cm³/mol. The second-order valence-corrected chi connectivity index (χ2v) is 5.57. The number of amides is 2. The number of hydrogen-bond acceptors (Lipinski definition) is 3. The number of nitrogens with one attached hydrogen (secondary N) is 1. The molecule has 0 spiro atoms. The number of aliphatic carboxylic acids is 1. The molecule has 6 heteroatoms. The van der Waals surface area contributed by atoms with E-state index in [9.17, 15) is 19.5 Å². The van der Waals surface area contributed by atoms with Crippen LogP contribution >= 0.6 is 0 Å². The summed E-state index contributed by atoms with van der Waals surface area (Å²) in [6, 6.07) is 0. The molecule has 0 aromatic heterocycles. The number of likely N-dealkylation sites (tertiary alicyclic amines) is 1. The van der Waals surface area contributed by atoms with E-state index in [1.807, 2.05) is 0 Å². The van der Waals surface area contributed by atoms with Gasteiger partial charge in [-0.05, 0) is 32.6 Å². The number of hydrogen-bond donors (Lipinski definition) is 2. The molecule has 2 fully saturated rings. The molecule has 2 atom stereocenters. The summed E-state index contributed by atoms with van der Waals surface area (Å²) in [4.78, 5) is 36.6. The highest BCUT2D eigenvalue weighted by Crippen LogP contribution is 2.30. The Labute approximate surface area is 112 Å². The van der Waals surface area contributed by atoms with Crippen LogP contribution in [0.4, 0.5) is 0 Å². The predicted octanol–water partition coefficient (Wildman–Crippen LogP) is 0.368. The van der Waals surface area contributed by atoms with Gasteiger partial charge < -0.3 is 15.3 Å². The van der Waals surface area contributed by atoms with E-state index in [4.69, 9.17) is 0 Å². The van der Waals surface area contributed by atoms with Crippen molar-refractivity contribution in [2.24, 2.45) is 5.92 Å². The maximum absolute atomic E-state index is 12.5. The number of carboxylic acid groups (broad SMARTS) is 1. The molecule has 2 heterocycles. The molecule has 0 aliphatic carbocycles. The molecule has 2 aliphatic rings. The number of piperidine rings is 2. The third kappa shape index (κ3) is 2.57. The molecule has 106 valence electrons. The normalized spacial score (nSPS) is 31.7. The molecule has 0 saturated carbocycles. The molecule has 2 saturated heterocycles. The molecule has 6 nitrogen and oxygen atoms in total. The summed E-state index contributed by atoms with van der Waals surface area (Å²) in [5, 5.41) is 12.1.